The highest BCUT2D eigenvalue weighted by atomic mass is 32.2. The lowest BCUT2D eigenvalue weighted by atomic mass is 10.1. The zero-order valence-electron chi connectivity index (χ0n) is 21.0. The Labute approximate surface area is 223 Å². The maximum Gasteiger partial charge on any atom is 0.271 e. The third kappa shape index (κ3) is 5.10. The van der Waals surface area contributed by atoms with Gasteiger partial charge in [0.15, 0.2) is 0 Å². The quantitative estimate of drug-likeness (QED) is 0.346. The summed E-state index contributed by atoms with van der Waals surface area (Å²) in [4.78, 5) is -0.0579. The van der Waals surface area contributed by atoms with Crippen LogP contribution >= 0.6 is 11.8 Å². The van der Waals surface area contributed by atoms with Crippen molar-refractivity contribution in [2.75, 3.05) is 25.7 Å². The van der Waals surface area contributed by atoms with E-state index in [1.54, 1.807) is 54.2 Å². The van der Waals surface area contributed by atoms with Gasteiger partial charge in [-0.05, 0) is 61.1 Å². The second-order valence-electron chi connectivity index (χ2n) is 8.70. The van der Waals surface area contributed by atoms with Crippen LogP contribution in [0.1, 0.15) is 24.0 Å². The molecule has 0 N–H and O–H groups in total. The lowest BCUT2D eigenvalue weighted by Gasteiger charge is -2.45. The Morgan fingerprint density at radius 2 is 1.32 bits per heavy atom. The zero-order chi connectivity index (χ0) is 26.7. The van der Waals surface area contributed by atoms with Crippen molar-refractivity contribution < 1.29 is 26.3 Å². The van der Waals surface area contributed by atoms with Gasteiger partial charge < -0.3 is 9.47 Å². The summed E-state index contributed by atoms with van der Waals surface area (Å²) in [7, 11) is -5.43. The van der Waals surface area contributed by atoms with Crippen molar-refractivity contribution in [1.29, 1.82) is 0 Å². The molecule has 4 rings (SSSR count). The van der Waals surface area contributed by atoms with E-state index >= 15 is 0 Å². The normalized spacial score (nSPS) is 15.7. The Bertz CT molecular complexity index is 1420. The number of hydrogen-bond donors (Lipinski definition) is 0. The fraction of sp³-hybridized carbons (Fsp3) is 0.333. The minimum absolute atomic E-state index is 0.0564. The van der Waals surface area contributed by atoms with E-state index in [4.69, 9.17) is 9.47 Å². The smallest absolute Gasteiger partial charge is 0.271 e. The van der Waals surface area contributed by atoms with Crippen molar-refractivity contribution in [3.63, 3.8) is 0 Å². The van der Waals surface area contributed by atoms with Crippen LogP contribution in [0.2, 0.25) is 0 Å². The fourth-order valence-electron chi connectivity index (χ4n) is 4.79. The Hall–Kier alpha value is -2.21. The van der Waals surface area contributed by atoms with Crippen LogP contribution in [0.3, 0.4) is 0 Å². The van der Waals surface area contributed by atoms with Crippen molar-refractivity contribution in [3.8, 4) is 0 Å². The van der Waals surface area contributed by atoms with E-state index in [0.717, 1.165) is 11.5 Å². The highest BCUT2D eigenvalue weighted by Crippen LogP contribution is 2.41. The molecule has 3 aromatic rings. The van der Waals surface area contributed by atoms with Gasteiger partial charge in [0.2, 0.25) is 19.9 Å². The number of methoxy groups -OCH3 is 2. The molecule has 1 saturated heterocycles. The average molecular weight is 562 g/mol. The van der Waals surface area contributed by atoms with Crippen LogP contribution in [0.25, 0.3) is 0 Å². The van der Waals surface area contributed by atoms with Gasteiger partial charge in [-0.3, -0.25) is 0 Å². The minimum Gasteiger partial charge on any atom is -0.336 e. The summed E-state index contributed by atoms with van der Waals surface area (Å²) in [6.07, 6.45) is 1.21. The second-order valence-corrected chi connectivity index (χ2v) is 13.6. The molecule has 0 unspecified atom stereocenters. The van der Waals surface area contributed by atoms with Gasteiger partial charge in [0.05, 0.1) is 14.7 Å². The van der Waals surface area contributed by atoms with E-state index in [9.17, 15) is 16.8 Å². The van der Waals surface area contributed by atoms with Crippen molar-refractivity contribution >= 4 is 31.6 Å². The highest BCUT2D eigenvalue weighted by molar-refractivity contribution is 7.99. The number of thioether (sulfide) groups is 1. The summed E-state index contributed by atoms with van der Waals surface area (Å²) in [5.41, 5.74) is 0.670. The molecule has 0 atom stereocenters. The van der Waals surface area contributed by atoms with E-state index in [1.807, 2.05) is 6.07 Å². The molecule has 198 valence electrons. The number of benzene rings is 3. The second kappa shape index (κ2) is 11.3. The largest absolute Gasteiger partial charge is 0.336 e. The maximum atomic E-state index is 14.6. The first-order chi connectivity index (χ1) is 17.7. The SMILES string of the molecule is COC(OC)(c1ccccc1)N(C1CCSCC1)S(=O)(=O)c1cccc(S(=O)(=O)c2ccccc2)c1C. The van der Waals surface area contributed by atoms with E-state index in [0.29, 0.717) is 18.4 Å². The van der Waals surface area contributed by atoms with Gasteiger partial charge in [-0.25, -0.2) is 16.8 Å². The van der Waals surface area contributed by atoms with Crippen LogP contribution < -0.4 is 0 Å². The molecule has 3 aromatic carbocycles. The predicted molar refractivity (Wildman–Crippen MR) is 145 cm³/mol. The van der Waals surface area contributed by atoms with Crippen molar-refractivity contribution in [2.24, 2.45) is 0 Å². The Morgan fingerprint density at radius 1 is 0.784 bits per heavy atom. The lowest BCUT2D eigenvalue weighted by Crippen LogP contribution is -2.57. The first kappa shape index (κ1) is 27.8. The first-order valence-corrected chi connectivity index (χ1v) is 16.0. The molecule has 0 bridgehead atoms. The Morgan fingerprint density at radius 3 is 1.89 bits per heavy atom. The summed E-state index contributed by atoms with van der Waals surface area (Å²) < 4.78 is 69.2. The third-order valence-electron chi connectivity index (χ3n) is 6.62. The average Bonchev–Trinajstić information content (AvgIpc) is 2.93. The van der Waals surface area contributed by atoms with E-state index in [-0.39, 0.29) is 20.2 Å². The Balaban J connectivity index is 1.93. The summed E-state index contributed by atoms with van der Waals surface area (Å²) in [5, 5.41) is 0. The number of sulfone groups is 1. The standard InChI is InChI=1S/C27H31NO6S3/c1-21-25(36(29,30)24-13-8-5-9-14-24)15-10-16-26(21)37(31,32)28(23-17-19-35-20-18-23)27(33-2,34-3)22-11-6-4-7-12-22/h4-16,23H,17-20H2,1-3H3. The number of ether oxygens (including phenoxy) is 2. The van der Waals surface area contributed by atoms with Crippen LogP contribution in [-0.2, 0) is 35.2 Å². The lowest BCUT2D eigenvalue weighted by molar-refractivity contribution is -0.288. The molecular formula is C27H31NO6S3. The summed E-state index contributed by atoms with van der Waals surface area (Å²) in [6, 6.07) is 20.9. The monoisotopic (exact) mass is 561 g/mol. The topological polar surface area (TPSA) is 90.0 Å². The summed E-state index contributed by atoms with van der Waals surface area (Å²) in [6.45, 7) is 1.53. The number of hydrogen-bond acceptors (Lipinski definition) is 7. The van der Waals surface area contributed by atoms with Crippen LogP contribution in [0.5, 0.6) is 0 Å². The van der Waals surface area contributed by atoms with Gasteiger partial charge in [0, 0.05) is 25.8 Å². The fourth-order valence-corrected chi connectivity index (χ4v) is 9.61. The van der Waals surface area contributed by atoms with Gasteiger partial charge in [-0.1, -0.05) is 54.6 Å². The van der Waals surface area contributed by atoms with E-state index < -0.39 is 31.8 Å². The molecule has 0 aromatic heterocycles. The molecule has 0 saturated carbocycles. The molecule has 0 radical (unpaired) electrons. The van der Waals surface area contributed by atoms with Crippen LogP contribution in [0.15, 0.2) is 93.5 Å². The predicted octanol–water partition coefficient (Wildman–Crippen LogP) is 4.82. The molecule has 0 spiro atoms. The highest BCUT2D eigenvalue weighted by Gasteiger charge is 2.51. The van der Waals surface area contributed by atoms with E-state index in [1.165, 1.54) is 55.8 Å². The summed E-state index contributed by atoms with van der Waals surface area (Å²) >= 11 is 1.77. The number of rotatable bonds is 9. The third-order valence-corrected chi connectivity index (χ3v) is 11.6. The molecule has 7 nitrogen and oxygen atoms in total. The molecule has 37 heavy (non-hydrogen) atoms. The minimum atomic E-state index is -4.32. The van der Waals surface area contributed by atoms with Gasteiger partial charge >= 0.3 is 0 Å². The van der Waals surface area contributed by atoms with Gasteiger partial charge in [-0.2, -0.15) is 11.8 Å². The van der Waals surface area contributed by atoms with Crippen LogP contribution in [0.4, 0.5) is 0 Å². The molecular weight excluding hydrogens is 530 g/mol. The summed E-state index contributed by atoms with van der Waals surface area (Å²) in [5.74, 6) is -0.166. The van der Waals surface area contributed by atoms with Gasteiger partial charge in [0.25, 0.3) is 5.91 Å². The van der Waals surface area contributed by atoms with Crippen molar-refractivity contribution in [2.45, 2.75) is 46.4 Å². The molecule has 0 amide bonds. The zero-order valence-corrected chi connectivity index (χ0v) is 23.5. The van der Waals surface area contributed by atoms with Gasteiger partial charge in [0.1, 0.15) is 0 Å². The van der Waals surface area contributed by atoms with Crippen molar-refractivity contribution in [3.05, 3.63) is 90.0 Å². The molecule has 1 aliphatic rings. The van der Waals surface area contributed by atoms with Crippen LogP contribution in [0, 0.1) is 6.92 Å². The van der Waals surface area contributed by atoms with Gasteiger partial charge in [-0.15, -0.1) is 4.31 Å². The first-order valence-electron chi connectivity index (χ1n) is 11.9. The number of sulfonamides is 1. The van der Waals surface area contributed by atoms with Crippen LogP contribution in [-0.4, -0.2) is 52.9 Å². The molecule has 1 heterocycles. The molecule has 1 aliphatic heterocycles. The maximum absolute atomic E-state index is 14.6. The Kier molecular flexibility index (Phi) is 8.47. The van der Waals surface area contributed by atoms with E-state index in [2.05, 4.69) is 0 Å². The van der Waals surface area contributed by atoms with Crippen molar-refractivity contribution in [1.82, 2.24) is 4.31 Å². The number of nitrogens with zero attached hydrogens (tertiary/aromatic N) is 1. The molecule has 0 aliphatic carbocycles. The molecule has 1 fully saturated rings. The molecule has 10 heteroatoms.